The molecule has 0 bridgehead atoms. The molecule has 1 N–H and O–H groups in total. The molecule has 0 spiro atoms. The van der Waals surface area contributed by atoms with Gasteiger partial charge in [0.15, 0.2) is 0 Å². The fraction of sp³-hybridized carbons (Fsp3) is 0.800. The zero-order valence-corrected chi connectivity index (χ0v) is 10.5. The highest BCUT2D eigenvalue weighted by Gasteiger charge is 2.02. The number of hydrogen-bond donors (Lipinski definition) is 1. The number of hydrogen-bond acceptors (Lipinski definition) is 5. The second-order valence-corrected chi connectivity index (χ2v) is 4.79. The summed E-state index contributed by atoms with van der Waals surface area (Å²) in [5.74, 6) is 0.720. The maximum atomic E-state index is 4.18. The SMILES string of the molecule is CC(C)CNCCN(C)Cc1cnsn1. The van der Waals surface area contributed by atoms with Crippen LogP contribution in [0.15, 0.2) is 6.20 Å². The van der Waals surface area contributed by atoms with Gasteiger partial charge >= 0.3 is 0 Å². The Morgan fingerprint density at radius 2 is 2.33 bits per heavy atom. The van der Waals surface area contributed by atoms with Crippen molar-refractivity contribution in [1.29, 1.82) is 0 Å². The standard InChI is InChI=1S/C10H20N4S/c1-9(2)6-11-4-5-14(3)8-10-7-12-15-13-10/h7,9,11H,4-6,8H2,1-3H3. The predicted molar refractivity (Wildman–Crippen MR) is 64.0 cm³/mol. The Hall–Kier alpha value is -0.520. The summed E-state index contributed by atoms with van der Waals surface area (Å²) < 4.78 is 8.16. The average molecular weight is 228 g/mol. The topological polar surface area (TPSA) is 41.0 Å². The molecule has 1 aromatic heterocycles. The van der Waals surface area contributed by atoms with Gasteiger partial charge < -0.3 is 5.32 Å². The number of likely N-dealkylation sites (N-methyl/N-ethyl adjacent to an activating group) is 1. The van der Waals surface area contributed by atoms with Crippen molar-refractivity contribution in [3.8, 4) is 0 Å². The summed E-state index contributed by atoms with van der Waals surface area (Å²) in [6.45, 7) is 8.50. The Labute approximate surface area is 96.0 Å². The van der Waals surface area contributed by atoms with Gasteiger partial charge in [-0.15, -0.1) is 0 Å². The molecule has 1 aromatic rings. The summed E-state index contributed by atoms with van der Waals surface area (Å²) in [5.41, 5.74) is 1.06. The molecule has 0 unspecified atom stereocenters. The third-order valence-corrected chi connectivity index (χ3v) is 2.58. The molecule has 5 heteroatoms. The highest BCUT2D eigenvalue weighted by atomic mass is 32.1. The third-order valence-electron chi connectivity index (χ3n) is 2.06. The molecule has 0 fully saturated rings. The molecule has 0 atom stereocenters. The molecular weight excluding hydrogens is 208 g/mol. The van der Waals surface area contributed by atoms with E-state index in [2.05, 4.69) is 39.9 Å². The van der Waals surface area contributed by atoms with Crippen LogP contribution in [-0.2, 0) is 6.54 Å². The van der Waals surface area contributed by atoms with Crippen molar-refractivity contribution < 1.29 is 0 Å². The molecular formula is C10H20N4S. The lowest BCUT2D eigenvalue weighted by molar-refractivity contribution is 0.319. The molecule has 0 aromatic carbocycles. The van der Waals surface area contributed by atoms with Crippen LogP contribution < -0.4 is 5.32 Å². The highest BCUT2D eigenvalue weighted by Crippen LogP contribution is 1.98. The zero-order chi connectivity index (χ0) is 11.1. The van der Waals surface area contributed by atoms with Crippen LogP contribution in [0.5, 0.6) is 0 Å². The van der Waals surface area contributed by atoms with Crippen LogP contribution in [0.1, 0.15) is 19.5 Å². The Bertz CT molecular complexity index is 248. The van der Waals surface area contributed by atoms with Crippen LogP contribution in [0.3, 0.4) is 0 Å². The van der Waals surface area contributed by atoms with Crippen LogP contribution in [0.25, 0.3) is 0 Å². The monoisotopic (exact) mass is 228 g/mol. The minimum Gasteiger partial charge on any atom is -0.315 e. The lowest BCUT2D eigenvalue weighted by Crippen LogP contribution is -2.30. The molecule has 0 aliphatic rings. The van der Waals surface area contributed by atoms with Gasteiger partial charge in [-0.3, -0.25) is 4.90 Å². The summed E-state index contributed by atoms with van der Waals surface area (Å²) in [6, 6.07) is 0. The van der Waals surface area contributed by atoms with Crippen LogP contribution in [0.2, 0.25) is 0 Å². The van der Waals surface area contributed by atoms with Gasteiger partial charge in [0.1, 0.15) is 0 Å². The Kier molecular flexibility index (Phi) is 5.75. The second kappa shape index (κ2) is 6.87. The molecule has 1 heterocycles. The minimum absolute atomic E-state index is 0.720. The van der Waals surface area contributed by atoms with Gasteiger partial charge in [-0.1, -0.05) is 13.8 Å². The van der Waals surface area contributed by atoms with E-state index in [0.717, 1.165) is 37.8 Å². The van der Waals surface area contributed by atoms with Crippen LogP contribution in [0.4, 0.5) is 0 Å². The van der Waals surface area contributed by atoms with Crippen molar-refractivity contribution in [3.63, 3.8) is 0 Å². The first-order valence-electron chi connectivity index (χ1n) is 5.34. The largest absolute Gasteiger partial charge is 0.315 e. The van der Waals surface area contributed by atoms with E-state index in [1.807, 2.05) is 6.20 Å². The fourth-order valence-electron chi connectivity index (χ4n) is 1.27. The van der Waals surface area contributed by atoms with E-state index in [9.17, 15) is 0 Å². The van der Waals surface area contributed by atoms with E-state index >= 15 is 0 Å². The smallest absolute Gasteiger partial charge is 0.0882 e. The first-order chi connectivity index (χ1) is 7.18. The number of nitrogens with one attached hydrogen (secondary N) is 1. The van der Waals surface area contributed by atoms with Gasteiger partial charge in [0, 0.05) is 19.6 Å². The predicted octanol–water partition coefficient (Wildman–Crippen LogP) is 1.22. The first-order valence-corrected chi connectivity index (χ1v) is 6.07. The molecule has 0 saturated carbocycles. The van der Waals surface area contributed by atoms with Crippen molar-refractivity contribution in [2.24, 2.45) is 5.92 Å². The van der Waals surface area contributed by atoms with E-state index in [1.165, 1.54) is 11.7 Å². The second-order valence-electron chi connectivity index (χ2n) is 4.23. The Balaban J connectivity index is 2.06. The normalized spacial score (nSPS) is 11.5. The maximum absolute atomic E-state index is 4.18. The van der Waals surface area contributed by atoms with Crippen molar-refractivity contribution in [1.82, 2.24) is 19.0 Å². The zero-order valence-electron chi connectivity index (χ0n) is 9.73. The lowest BCUT2D eigenvalue weighted by atomic mass is 10.2. The average Bonchev–Trinajstić information content (AvgIpc) is 2.64. The van der Waals surface area contributed by atoms with E-state index in [4.69, 9.17) is 0 Å². The quantitative estimate of drug-likeness (QED) is 0.712. The van der Waals surface area contributed by atoms with Gasteiger partial charge in [-0.05, 0) is 19.5 Å². The van der Waals surface area contributed by atoms with Gasteiger partial charge in [-0.25, -0.2) is 0 Å². The third kappa shape index (κ3) is 5.81. The van der Waals surface area contributed by atoms with Gasteiger partial charge in [0.05, 0.1) is 23.6 Å². The van der Waals surface area contributed by atoms with Gasteiger partial charge in [0.2, 0.25) is 0 Å². The molecule has 4 nitrogen and oxygen atoms in total. The molecule has 86 valence electrons. The molecule has 1 rings (SSSR count). The van der Waals surface area contributed by atoms with E-state index in [0.29, 0.717) is 0 Å². The minimum atomic E-state index is 0.720. The van der Waals surface area contributed by atoms with Crippen molar-refractivity contribution >= 4 is 11.7 Å². The molecule has 0 radical (unpaired) electrons. The Morgan fingerprint density at radius 3 is 2.93 bits per heavy atom. The summed E-state index contributed by atoms with van der Waals surface area (Å²) in [5, 5.41) is 3.42. The van der Waals surface area contributed by atoms with Crippen molar-refractivity contribution in [2.75, 3.05) is 26.7 Å². The first kappa shape index (κ1) is 12.5. The van der Waals surface area contributed by atoms with Crippen LogP contribution >= 0.6 is 11.7 Å². The number of nitrogens with zero attached hydrogens (tertiary/aromatic N) is 3. The van der Waals surface area contributed by atoms with Crippen molar-refractivity contribution in [2.45, 2.75) is 20.4 Å². The molecule has 15 heavy (non-hydrogen) atoms. The van der Waals surface area contributed by atoms with E-state index in [-0.39, 0.29) is 0 Å². The lowest BCUT2D eigenvalue weighted by Gasteiger charge is -2.15. The maximum Gasteiger partial charge on any atom is 0.0882 e. The van der Waals surface area contributed by atoms with Gasteiger partial charge in [0.25, 0.3) is 0 Å². The molecule has 0 aliphatic carbocycles. The van der Waals surface area contributed by atoms with Crippen LogP contribution in [0, 0.1) is 5.92 Å². The fourth-order valence-corrected chi connectivity index (χ4v) is 1.70. The van der Waals surface area contributed by atoms with Crippen LogP contribution in [-0.4, -0.2) is 40.3 Å². The molecule has 0 aliphatic heterocycles. The number of rotatable bonds is 7. The summed E-state index contributed by atoms with van der Waals surface area (Å²) >= 11 is 1.27. The molecule has 0 amide bonds. The summed E-state index contributed by atoms with van der Waals surface area (Å²) in [7, 11) is 2.11. The summed E-state index contributed by atoms with van der Waals surface area (Å²) in [6.07, 6.45) is 1.84. The number of aromatic nitrogens is 2. The Morgan fingerprint density at radius 1 is 1.53 bits per heavy atom. The van der Waals surface area contributed by atoms with Crippen molar-refractivity contribution in [3.05, 3.63) is 11.9 Å². The van der Waals surface area contributed by atoms with Gasteiger partial charge in [-0.2, -0.15) is 8.75 Å². The van der Waals surface area contributed by atoms with E-state index in [1.54, 1.807) is 0 Å². The summed E-state index contributed by atoms with van der Waals surface area (Å²) in [4.78, 5) is 2.25. The molecule has 0 saturated heterocycles. The van der Waals surface area contributed by atoms with E-state index < -0.39 is 0 Å². The highest BCUT2D eigenvalue weighted by molar-refractivity contribution is 6.99.